The van der Waals surface area contributed by atoms with Gasteiger partial charge in [0.05, 0.1) is 18.8 Å². The number of carbonyl (C=O) groups excluding carboxylic acids is 1. The van der Waals surface area contributed by atoms with Crippen molar-refractivity contribution in [1.82, 2.24) is 5.32 Å². The second kappa shape index (κ2) is 8.05. The second-order valence-corrected chi connectivity index (χ2v) is 3.83. The highest BCUT2D eigenvalue weighted by Gasteiger charge is 2.06. The van der Waals surface area contributed by atoms with Gasteiger partial charge in [0.15, 0.2) is 0 Å². The molecule has 5 heteroatoms. The lowest BCUT2D eigenvalue weighted by Gasteiger charge is -2.06. The van der Waals surface area contributed by atoms with Crippen LogP contribution in [0.25, 0.3) is 0 Å². The van der Waals surface area contributed by atoms with E-state index in [2.05, 4.69) is 11.9 Å². The minimum atomic E-state index is -1.01. The van der Waals surface area contributed by atoms with E-state index in [9.17, 15) is 9.59 Å². The first-order valence-corrected chi connectivity index (χ1v) is 5.95. The number of carboxylic acids is 1. The van der Waals surface area contributed by atoms with Crippen molar-refractivity contribution in [3.05, 3.63) is 48.0 Å². The number of aromatic carboxylic acids is 1. The molecule has 0 spiro atoms. The van der Waals surface area contributed by atoms with Crippen molar-refractivity contribution in [3.63, 3.8) is 0 Å². The Hall–Kier alpha value is -2.14. The van der Waals surface area contributed by atoms with Crippen molar-refractivity contribution < 1.29 is 19.4 Å². The van der Waals surface area contributed by atoms with E-state index < -0.39 is 5.97 Å². The second-order valence-electron chi connectivity index (χ2n) is 3.83. The van der Waals surface area contributed by atoms with Crippen LogP contribution in [0.15, 0.2) is 36.9 Å². The van der Waals surface area contributed by atoms with Gasteiger partial charge in [-0.2, -0.15) is 0 Å². The number of nitrogens with one attached hydrogen (secondary N) is 1. The lowest BCUT2D eigenvalue weighted by molar-refractivity contribution is 0.0696. The topological polar surface area (TPSA) is 75.6 Å². The summed E-state index contributed by atoms with van der Waals surface area (Å²) in [6.07, 6.45) is 2.55. The molecular formula is C14H17NO4. The van der Waals surface area contributed by atoms with Gasteiger partial charge in [0.25, 0.3) is 5.91 Å². The lowest BCUT2D eigenvalue weighted by atomic mass is 10.1. The third kappa shape index (κ3) is 5.35. The Balaban J connectivity index is 2.33. The Morgan fingerprint density at radius 3 is 2.42 bits per heavy atom. The SMILES string of the molecule is C=CCCOCCNC(=O)c1ccc(C(=O)O)cc1. The summed E-state index contributed by atoms with van der Waals surface area (Å²) in [5.41, 5.74) is 0.584. The molecule has 19 heavy (non-hydrogen) atoms. The van der Waals surface area contributed by atoms with Crippen LogP contribution < -0.4 is 5.32 Å². The lowest BCUT2D eigenvalue weighted by Crippen LogP contribution is -2.27. The number of ether oxygens (including phenoxy) is 1. The van der Waals surface area contributed by atoms with Gasteiger partial charge in [-0.15, -0.1) is 6.58 Å². The highest BCUT2D eigenvalue weighted by molar-refractivity contribution is 5.95. The van der Waals surface area contributed by atoms with E-state index in [0.29, 0.717) is 25.3 Å². The van der Waals surface area contributed by atoms with Crippen molar-refractivity contribution in [3.8, 4) is 0 Å². The molecule has 1 rings (SSSR count). The normalized spacial score (nSPS) is 9.89. The predicted molar refractivity (Wildman–Crippen MR) is 71.4 cm³/mol. The van der Waals surface area contributed by atoms with Crippen LogP contribution in [-0.2, 0) is 4.74 Å². The fraction of sp³-hybridized carbons (Fsp3) is 0.286. The van der Waals surface area contributed by atoms with Crippen molar-refractivity contribution in [2.45, 2.75) is 6.42 Å². The monoisotopic (exact) mass is 263 g/mol. The highest BCUT2D eigenvalue weighted by atomic mass is 16.5. The first-order chi connectivity index (χ1) is 9.15. The number of rotatable bonds is 8. The van der Waals surface area contributed by atoms with Gasteiger partial charge in [0, 0.05) is 12.1 Å². The Morgan fingerprint density at radius 2 is 1.84 bits per heavy atom. The average Bonchev–Trinajstić information content (AvgIpc) is 2.42. The number of hydrogen-bond donors (Lipinski definition) is 2. The molecule has 0 aliphatic carbocycles. The highest BCUT2D eigenvalue weighted by Crippen LogP contribution is 2.04. The number of amides is 1. The van der Waals surface area contributed by atoms with Gasteiger partial charge >= 0.3 is 5.97 Å². The van der Waals surface area contributed by atoms with Crippen LogP contribution in [0.4, 0.5) is 0 Å². The van der Waals surface area contributed by atoms with Crippen LogP contribution in [0.5, 0.6) is 0 Å². The molecule has 0 atom stereocenters. The summed E-state index contributed by atoms with van der Waals surface area (Å²) in [6.45, 7) is 5.01. The zero-order chi connectivity index (χ0) is 14.1. The summed E-state index contributed by atoms with van der Waals surface area (Å²) >= 11 is 0. The zero-order valence-electron chi connectivity index (χ0n) is 10.6. The third-order valence-corrected chi connectivity index (χ3v) is 2.39. The van der Waals surface area contributed by atoms with Crippen LogP contribution in [0.3, 0.4) is 0 Å². The molecule has 2 N–H and O–H groups in total. The van der Waals surface area contributed by atoms with Crippen molar-refractivity contribution >= 4 is 11.9 Å². The molecule has 1 amide bonds. The van der Waals surface area contributed by atoms with Crippen LogP contribution in [0.1, 0.15) is 27.1 Å². The van der Waals surface area contributed by atoms with Crippen molar-refractivity contribution in [2.75, 3.05) is 19.8 Å². The van der Waals surface area contributed by atoms with E-state index in [1.165, 1.54) is 24.3 Å². The van der Waals surface area contributed by atoms with E-state index >= 15 is 0 Å². The molecule has 5 nitrogen and oxygen atoms in total. The maximum atomic E-state index is 11.7. The molecule has 0 heterocycles. The number of hydrogen-bond acceptors (Lipinski definition) is 3. The van der Waals surface area contributed by atoms with Gasteiger partial charge in [-0.25, -0.2) is 4.79 Å². The maximum Gasteiger partial charge on any atom is 0.335 e. The van der Waals surface area contributed by atoms with Gasteiger partial charge in [0.2, 0.25) is 0 Å². The first-order valence-electron chi connectivity index (χ1n) is 5.95. The van der Waals surface area contributed by atoms with E-state index in [1.54, 1.807) is 6.08 Å². The smallest absolute Gasteiger partial charge is 0.335 e. The van der Waals surface area contributed by atoms with Gasteiger partial charge in [-0.3, -0.25) is 4.79 Å². The first kappa shape index (κ1) is 14.9. The standard InChI is InChI=1S/C14H17NO4/c1-2-3-9-19-10-8-15-13(16)11-4-6-12(7-5-11)14(17)18/h2,4-7H,1,3,8-10H2,(H,15,16)(H,17,18). The molecular weight excluding hydrogens is 246 g/mol. The van der Waals surface area contributed by atoms with E-state index in [0.717, 1.165) is 6.42 Å². The summed E-state index contributed by atoms with van der Waals surface area (Å²) in [5.74, 6) is -1.26. The Morgan fingerprint density at radius 1 is 1.21 bits per heavy atom. The average molecular weight is 263 g/mol. The molecule has 0 unspecified atom stereocenters. The quantitative estimate of drug-likeness (QED) is 0.553. The number of carbonyl (C=O) groups is 2. The fourth-order valence-electron chi connectivity index (χ4n) is 1.37. The van der Waals surface area contributed by atoms with Gasteiger partial charge in [0.1, 0.15) is 0 Å². The van der Waals surface area contributed by atoms with E-state index in [1.807, 2.05) is 0 Å². The van der Waals surface area contributed by atoms with E-state index in [4.69, 9.17) is 9.84 Å². The summed E-state index contributed by atoms with van der Waals surface area (Å²) in [5, 5.41) is 11.4. The van der Waals surface area contributed by atoms with Gasteiger partial charge in [-0.1, -0.05) is 6.08 Å². The fourth-order valence-corrected chi connectivity index (χ4v) is 1.37. The largest absolute Gasteiger partial charge is 0.478 e. The maximum absolute atomic E-state index is 11.7. The molecule has 0 fully saturated rings. The van der Waals surface area contributed by atoms with Crippen LogP contribution in [-0.4, -0.2) is 36.7 Å². The van der Waals surface area contributed by atoms with Crippen molar-refractivity contribution in [1.29, 1.82) is 0 Å². The Labute approximate surface area is 111 Å². The summed E-state index contributed by atoms with van der Waals surface area (Å²) in [4.78, 5) is 22.3. The minimum absolute atomic E-state index is 0.157. The summed E-state index contributed by atoms with van der Waals surface area (Å²) in [7, 11) is 0. The number of carboxylic acid groups (broad SMARTS) is 1. The minimum Gasteiger partial charge on any atom is -0.478 e. The number of benzene rings is 1. The Kier molecular flexibility index (Phi) is 6.32. The third-order valence-electron chi connectivity index (χ3n) is 2.39. The molecule has 0 aliphatic rings. The van der Waals surface area contributed by atoms with E-state index in [-0.39, 0.29) is 11.5 Å². The van der Waals surface area contributed by atoms with Crippen LogP contribution >= 0.6 is 0 Å². The van der Waals surface area contributed by atoms with Gasteiger partial charge in [-0.05, 0) is 30.7 Å². The molecule has 1 aromatic carbocycles. The molecule has 102 valence electrons. The van der Waals surface area contributed by atoms with Gasteiger partial charge < -0.3 is 15.2 Å². The molecule has 0 bridgehead atoms. The molecule has 0 saturated heterocycles. The molecule has 1 aromatic rings. The summed E-state index contributed by atoms with van der Waals surface area (Å²) < 4.78 is 5.25. The Bertz CT molecular complexity index is 439. The van der Waals surface area contributed by atoms with Crippen LogP contribution in [0.2, 0.25) is 0 Å². The molecule has 0 radical (unpaired) electrons. The zero-order valence-corrected chi connectivity index (χ0v) is 10.6. The molecule has 0 aromatic heterocycles. The predicted octanol–water partition coefficient (Wildman–Crippen LogP) is 1.71. The summed E-state index contributed by atoms with van der Waals surface area (Å²) in [6, 6.07) is 5.77. The van der Waals surface area contributed by atoms with Crippen molar-refractivity contribution in [2.24, 2.45) is 0 Å². The molecule has 0 aliphatic heterocycles. The molecule has 0 saturated carbocycles. The van der Waals surface area contributed by atoms with Crippen LogP contribution in [0, 0.1) is 0 Å².